The number of benzene rings is 4. The molecule has 3 heterocycles. The zero-order valence-corrected chi connectivity index (χ0v) is 33.3. The third-order valence-corrected chi connectivity index (χ3v) is 13.3. The largest absolute Gasteiger partial charge is 0.396 e. The molecule has 0 bridgehead atoms. The Hall–Kier alpha value is -4.97. The molecule has 11 heteroatoms. The summed E-state index contributed by atoms with van der Waals surface area (Å²) in [5, 5.41) is 31.1. The quantitative estimate of drug-likeness (QED) is 0.104. The second-order valence-corrected chi connectivity index (χ2v) is 17.4. The highest BCUT2D eigenvalue weighted by molar-refractivity contribution is 7.99. The summed E-state index contributed by atoms with van der Waals surface area (Å²) in [5.41, 5.74) is 9.72. The van der Waals surface area contributed by atoms with Crippen molar-refractivity contribution >= 4 is 46.8 Å². The number of hydrogen-bond donors (Lipinski definition) is 6. The molecule has 0 atom stereocenters. The van der Waals surface area contributed by atoms with Crippen molar-refractivity contribution in [3.05, 3.63) is 106 Å². The van der Waals surface area contributed by atoms with Gasteiger partial charge in [0.25, 0.3) is 11.8 Å². The number of anilines is 2. The maximum atomic E-state index is 12.8. The fourth-order valence-electron chi connectivity index (χ4n) is 8.55. The number of fused-ring (bicyclic) bond motifs is 3. The van der Waals surface area contributed by atoms with Gasteiger partial charge in [0.1, 0.15) is 0 Å². The molecule has 5 aliphatic rings. The van der Waals surface area contributed by atoms with Crippen LogP contribution >= 0.6 is 11.8 Å². The van der Waals surface area contributed by atoms with E-state index in [1.807, 2.05) is 73.3 Å². The lowest BCUT2D eigenvalue weighted by Gasteiger charge is -2.31. The van der Waals surface area contributed by atoms with E-state index < -0.39 is 5.41 Å². The first kappa shape index (κ1) is 38.9. The highest BCUT2D eigenvalue weighted by Crippen LogP contribution is 2.48. The van der Waals surface area contributed by atoms with Crippen LogP contribution in [0.1, 0.15) is 94.3 Å². The maximum absolute atomic E-state index is 12.8. The van der Waals surface area contributed by atoms with E-state index in [2.05, 4.69) is 46.4 Å². The molecule has 0 unspecified atom stereocenters. The van der Waals surface area contributed by atoms with E-state index in [9.17, 15) is 29.4 Å². The first-order valence-electron chi connectivity index (χ1n) is 20.1. The Labute approximate surface area is 337 Å². The Morgan fingerprint density at radius 2 is 1.14 bits per heavy atom. The molecule has 2 saturated carbocycles. The summed E-state index contributed by atoms with van der Waals surface area (Å²) in [6.45, 7) is 3.78. The summed E-state index contributed by atoms with van der Waals surface area (Å²) < 4.78 is 0. The lowest BCUT2D eigenvalue weighted by atomic mass is 9.76. The Morgan fingerprint density at radius 1 is 0.667 bits per heavy atom. The minimum Gasteiger partial charge on any atom is -0.396 e. The molecule has 3 aliphatic heterocycles. The number of aryl methyl sites for hydroxylation is 2. The predicted molar refractivity (Wildman–Crippen MR) is 225 cm³/mol. The molecule has 57 heavy (non-hydrogen) atoms. The van der Waals surface area contributed by atoms with Gasteiger partial charge in [-0.2, -0.15) is 11.8 Å². The van der Waals surface area contributed by atoms with Gasteiger partial charge in [-0.15, -0.1) is 0 Å². The summed E-state index contributed by atoms with van der Waals surface area (Å²) in [4.78, 5) is 50.4. The van der Waals surface area contributed by atoms with Gasteiger partial charge >= 0.3 is 0 Å². The highest BCUT2D eigenvalue weighted by Gasteiger charge is 2.48. The van der Waals surface area contributed by atoms with Gasteiger partial charge in [-0.25, -0.2) is 0 Å². The van der Waals surface area contributed by atoms with Crippen molar-refractivity contribution in [2.75, 3.05) is 35.4 Å². The van der Waals surface area contributed by atoms with E-state index in [0.29, 0.717) is 28.9 Å². The first-order chi connectivity index (χ1) is 27.5. The number of hydrogen-bond acceptors (Lipinski definition) is 7. The van der Waals surface area contributed by atoms with Crippen LogP contribution in [0.2, 0.25) is 0 Å². The van der Waals surface area contributed by atoms with Crippen molar-refractivity contribution < 1.29 is 29.4 Å². The summed E-state index contributed by atoms with van der Waals surface area (Å²) in [6.07, 6.45) is 6.59. The molecule has 4 amide bonds. The van der Waals surface area contributed by atoms with Gasteiger partial charge in [-0.1, -0.05) is 36.4 Å². The number of thioether (sulfide) groups is 1. The van der Waals surface area contributed by atoms with Crippen molar-refractivity contribution in [1.82, 2.24) is 10.6 Å². The summed E-state index contributed by atoms with van der Waals surface area (Å²) >= 11 is 1.93. The van der Waals surface area contributed by atoms with E-state index >= 15 is 0 Å². The Bertz CT molecular complexity index is 2250. The van der Waals surface area contributed by atoms with Crippen molar-refractivity contribution in [1.29, 1.82) is 0 Å². The second-order valence-electron chi connectivity index (χ2n) is 16.2. The third-order valence-electron chi connectivity index (χ3n) is 12.3. The summed E-state index contributed by atoms with van der Waals surface area (Å²) in [5.74, 6) is 1.96. The lowest BCUT2D eigenvalue weighted by Crippen LogP contribution is -2.37. The zero-order valence-electron chi connectivity index (χ0n) is 32.5. The molecule has 1 spiro atoms. The molecule has 4 aromatic rings. The molecule has 296 valence electrons. The van der Waals surface area contributed by atoms with Gasteiger partial charge in [-0.3, -0.25) is 19.2 Å². The molecule has 9 rings (SSSR count). The van der Waals surface area contributed by atoms with Crippen molar-refractivity contribution in [3.8, 4) is 22.3 Å². The number of amides is 4. The predicted octanol–water partition coefficient (Wildman–Crippen LogP) is 6.78. The number of carbonyl (C=O) groups excluding carboxylic acids is 4. The Morgan fingerprint density at radius 3 is 1.63 bits per heavy atom. The van der Waals surface area contributed by atoms with Gasteiger partial charge in [-0.05, 0) is 158 Å². The average Bonchev–Trinajstić information content (AvgIpc) is 4.15. The second kappa shape index (κ2) is 15.8. The first-order valence-corrected chi connectivity index (χ1v) is 21.3. The van der Waals surface area contributed by atoms with E-state index in [4.69, 9.17) is 0 Å². The maximum Gasteiger partial charge on any atom is 0.251 e. The van der Waals surface area contributed by atoms with Crippen molar-refractivity contribution in [3.63, 3.8) is 0 Å². The number of aliphatic hydroxyl groups is 2. The molecule has 1 saturated heterocycles. The van der Waals surface area contributed by atoms with Gasteiger partial charge in [0.05, 0.1) is 10.8 Å². The Balaban J connectivity index is 0.000000160. The Kier molecular flexibility index (Phi) is 10.7. The van der Waals surface area contributed by atoms with Gasteiger partial charge in [0.2, 0.25) is 11.8 Å². The standard InChI is InChI=1S/C23H26N2O4.C23H24N2O2S/c1-14-2-3-16(21(28)24-17-5-6-17)12-18(14)15-4-7-19-20(13-15)25-22(29)23(19,8-10-26)9-11-27;1-14-2-3-16(21(26)24-17-5-6-17)12-18(14)15-4-7-19-20(13-15)25-22(27)23(19)8-10-28-11-9-23/h2-4,7,12-13,17,26-27H,5-6,8-11H2,1H3,(H,24,28)(H,25,29);2-4,7,12-13,17H,5-6,8-11H2,1H3,(H,24,26)(H,25,27). The van der Waals surface area contributed by atoms with Gasteiger partial charge in [0, 0.05) is 47.8 Å². The van der Waals surface area contributed by atoms with Crippen LogP contribution in [0.3, 0.4) is 0 Å². The van der Waals surface area contributed by atoms with E-state index in [1.54, 1.807) is 0 Å². The smallest absolute Gasteiger partial charge is 0.251 e. The number of rotatable bonds is 10. The van der Waals surface area contributed by atoms with E-state index in [-0.39, 0.29) is 55.1 Å². The van der Waals surface area contributed by atoms with E-state index in [0.717, 1.165) is 100 Å². The summed E-state index contributed by atoms with van der Waals surface area (Å²) in [7, 11) is 0. The number of nitrogens with one attached hydrogen (secondary N) is 4. The van der Waals surface area contributed by atoms with Gasteiger partial charge < -0.3 is 31.5 Å². The SMILES string of the molecule is Cc1ccc(C(=O)NC2CC2)cc1-c1ccc2c(c1)NC(=O)C2(CCO)CCO.Cc1ccc(C(=O)NC2CC2)cc1-c1ccc2c(c1)NC(=O)C21CCSCC1. The van der Waals surface area contributed by atoms with Crippen LogP contribution in [0.5, 0.6) is 0 Å². The fraction of sp³-hybridized carbons (Fsp3) is 0.391. The normalized spacial score (nSPS) is 18.5. The van der Waals surface area contributed by atoms with Crippen LogP contribution in [0.4, 0.5) is 11.4 Å². The number of aliphatic hydroxyl groups excluding tert-OH is 2. The molecule has 6 N–H and O–H groups in total. The van der Waals surface area contributed by atoms with Gasteiger partial charge in [0.15, 0.2) is 0 Å². The third kappa shape index (κ3) is 7.60. The topological polar surface area (TPSA) is 157 Å². The molecule has 0 radical (unpaired) electrons. The van der Waals surface area contributed by atoms with Crippen LogP contribution in [0.25, 0.3) is 22.3 Å². The molecular weight excluding hydrogens is 737 g/mol. The molecule has 4 aromatic carbocycles. The monoisotopic (exact) mass is 786 g/mol. The fourth-order valence-corrected chi connectivity index (χ4v) is 9.74. The zero-order chi connectivity index (χ0) is 39.9. The minimum absolute atomic E-state index is 0.00290. The highest BCUT2D eigenvalue weighted by atomic mass is 32.2. The minimum atomic E-state index is -0.904. The molecule has 10 nitrogen and oxygen atoms in total. The van der Waals surface area contributed by atoms with Crippen LogP contribution in [-0.4, -0.2) is 70.6 Å². The molecular formula is C46H50N4O6S. The number of carbonyl (C=O) groups is 4. The summed E-state index contributed by atoms with van der Waals surface area (Å²) in [6, 6.07) is 24.2. The van der Waals surface area contributed by atoms with Crippen LogP contribution in [0, 0.1) is 13.8 Å². The van der Waals surface area contributed by atoms with Crippen molar-refractivity contribution in [2.24, 2.45) is 0 Å². The van der Waals surface area contributed by atoms with Crippen LogP contribution in [0.15, 0.2) is 72.8 Å². The van der Waals surface area contributed by atoms with Crippen LogP contribution in [-0.2, 0) is 20.4 Å². The molecule has 2 aliphatic carbocycles. The van der Waals surface area contributed by atoms with E-state index in [1.165, 1.54) is 0 Å². The van der Waals surface area contributed by atoms with Crippen molar-refractivity contribution in [2.45, 2.75) is 88.1 Å². The average molecular weight is 787 g/mol. The molecule has 0 aromatic heterocycles. The lowest BCUT2D eigenvalue weighted by molar-refractivity contribution is -0.122. The van der Waals surface area contributed by atoms with Crippen LogP contribution < -0.4 is 21.3 Å². The molecule has 3 fully saturated rings.